The van der Waals surface area contributed by atoms with Crippen molar-refractivity contribution in [2.24, 2.45) is 0 Å². The van der Waals surface area contributed by atoms with Gasteiger partial charge < -0.3 is 19.2 Å². The van der Waals surface area contributed by atoms with Crippen molar-refractivity contribution >= 4 is 27.7 Å². The SMILES string of the molecule is CCOc1ccc(OCc2ccc(C(=O)Nc3nn(Cc4ccc(F)cc4)cc3Br)o2)cc1. The minimum atomic E-state index is -0.435. The van der Waals surface area contributed by atoms with Crippen molar-refractivity contribution in [3.63, 3.8) is 0 Å². The van der Waals surface area contributed by atoms with E-state index in [1.807, 2.05) is 19.1 Å². The predicted molar refractivity (Wildman–Crippen MR) is 124 cm³/mol. The van der Waals surface area contributed by atoms with E-state index >= 15 is 0 Å². The van der Waals surface area contributed by atoms with Crippen molar-refractivity contribution in [1.29, 1.82) is 0 Å². The molecule has 0 radical (unpaired) electrons. The van der Waals surface area contributed by atoms with E-state index in [1.165, 1.54) is 12.1 Å². The molecule has 2 aromatic carbocycles. The maximum absolute atomic E-state index is 13.1. The number of nitrogens with one attached hydrogen (secondary N) is 1. The lowest BCUT2D eigenvalue weighted by Crippen LogP contribution is -2.12. The van der Waals surface area contributed by atoms with Gasteiger partial charge in [0.1, 0.15) is 29.7 Å². The summed E-state index contributed by atoms with van der Waals surface area (Å²) in [5.74, 6) is 1.71. The van der Waals surface area contributed by atoms with E-state index in [4.69, 9.17) is 13.9 Å². The topological polar surface area (TPSA) is 78.5 Å². The van der Waals surface area contributed by atoms with Crippen LogP contribution in [0.5, 0.6) is 11.5 Å². The van der Waals surface area contributed by atoms with Crippen molar-refractivity contribution in [1.82, 2.24) is 9.78 Å². The lowest BCUT2D eigenvalue weighted by atomic mass is 10.2. The first kappa shape index (κ1) is 22.6. The molecule has 0 saturated heterocycles. The molecule has 0 saturated carbocycles. The molecule has 0 fully saturated rings. The first-order valence-corrected chi connectivity index (χ1v) is 11.0. The number of anilines is 1. The number of carbonyl (C=O) groups is 1. The van der Waals surface area contributed by atoms with E-state index in [1.54, 1.807) is 47.3 Å². The summed E-state index contributed by atoms with van der Waals surface area (Å²) in [5, 5.41) is 7.08. The minimum absolute atomic E-state index is 0.139. The molecule has 0 unspecified atom stereocenters. The highest BCUT2D eigenvalue weighted by atomic mass is 79.9. The largest absolute Gasteiger partial charge is 0.494 e. The fourth-order valence-corrected chi connectivity index (χ4v) is 3.45. The maximum atomic E-state index is 13.1. The van der Waals surface area contributed by atoms with Crippen molar-refractivity contribution in [3.05, 3.63) is 94.2 Å². The molecule has 0 bridgehead atoms. The quantitative estimate of drug-likeness (QED) is 0.312. The lowest BCUT2D eigenvalue weighted by molar-refractivity contribution is 0.0992. The molecular formula is C24H21BrFN3O4. The maximum Gasteiger partial charge on any atom is 0.292 e. The van der Waals surface area contributed by atoms with Gasteiger partial charge in [0.05, 0.1) is 17.6 Å². The van der Waals surface area contributed by atoms with Crippen LogP contribution in [0.15, 0.2) is 75.8 Å². The van der Waals surface area contributed by atoms with Crippen LogP contribution >= 0.6 is 15.9 Å². The molecule has 1 N–H and O–H groups in total. The molecular weight excluding hydrogens is 493 g/mol. The van der Waals surface area contributed by atoms with Crippen LogP contribution < -0.4 is 14.8 Å². The normalized spacial score (nSPS) is 10.8. The van der Waals surface area contributed by atoms with Gasteiger partial charge in [0.15, 0.2) is 11.6 Å². The third-order valence-electron chi connectivity index (χ3n) is 4.61. The van der Waals surface area contributed by atoms with E-state index in [0.717, 1.165) is 11.3 Å². The van der Waals surface area contributed by atoms with Crippen LogP contribution in [0.4, 0.5) is 10.2 Å². The van der Waals surface area contributed by atoms with E-state index in [2.05, 4.69) is 26.3 Å². The van der Waals surface area contributed by atoms with Crippen molar-refractivity contribution < 1.29 is 23.1 Å². The van der Waals surface area contributed by atoms with Gasteiger partial charge in [-0.05, 0) is 76.9 Å². The van der Waals surface area contributed by atoms with E-state index in [-0.39, 0.29) is 18.2 Å². The monoisotopic (exact) mass is 513 g/mol. The smallest absolute Gasteiger partial charge is 0.292 e. The van der Waals surface area contributed by atoms with E-state index in [0.29, 0.717) is 35.0 Å². The van der Waals surface area contributed by atoms with Crippen molar-refractivity contribution in [2.45, 2.75) is 20.1 Å². The summed E-state index contributed by atoms with van der Waals surface area (Å²) in [4.78, 5) is 12.6. The number of hydrogen-bond acceptors (Lipinski definition) is 5. The molecule has 0 aliphatic carbocycles. The fraction of sp³-hybridized carbons (Fsp3) is 0.167. The van der Waals surface area contributed by atoms with Crippen LogP contribution in [0.2, 0.25) is 0 Å². The number of furan rings is 1. The van der Waals surface area contributed by atoms with Gasteiger partial charge in [0.25, 0.3) is 5.91 Å². The number of hydrogen-bond donors (Lipinski definition) is 1. The summed E-state index contributed by atoms with van der Waals surface area (Å²) in [6.07, 6.45) is 1.73. The number of benzene rings is 2. The summed E-state index contributed by atoms with van der Waals surface area (Å²) < 4.78 is 32.0. The predicted octanol–water partition coefficient (Wildman–Crippen LogP) is 5.66. The first-order valence-electron chi connectivity index (χ1n) is 10.2. The Morgan fingerprint density at radius 1 is 1.06 bits per heavy atom. The number of halogens is 2. The molecule has 9 heteroatoms. The Balaban J connectivity index is 1.33. The third-order valence-corrected chi connectivity index (χ3v) is 5.19. The zero-order valence-electron chi connectivity index (χ0n) is 17.8. The highest BCUT2D eigenvalue weighted by Crippen LogP contribution is 2.23. The highest BCUT2D eigenvalue weighted by molar-refractivity contribution is 9.10. The van der Waals surface area contributed by atoms with Crippen LogP contribution in [0.1, 0.15) is 28.8 Å². The van der Waals surface area contributed by atoms with Gasteiger partial charge in [0, 0.05) is 6.20 Å². The summed E-state index contributed by atoms with van der Waals surface area (Å²) in [7, 11) is 0. The number of nitrogens with zero attached hydrogens (tertiary/aromatic N) is 2. The van der Waals surface area contributed by atoms with Gasteiger partial charge >= 0.3 is 0 Å². The number of ether oxygens (including phenoxy) is 2. The van der Waals surface area contributed by atoms with E-state index in [9.17, 15) is 9.18 Å². The van der Waals surface area contributed by atoms with E-state index < -0.39 is 5.91 Å². The third kappa shape index (κ3) is 6.01. The second-order valence-corrected chi connectivity index (χ2v) is 7.92. The van der Waals surface area contributed by atoms with Crippen molar-refractivity contribution in [3.8, 4) is 11.5 Å². The molecule has 0 aliphatic rings. The Morgan fingerprint density at radius 2 is 1.76 bits per heavy atom. The van der Waals surface area contributed by atoms with Gasteiger partial charge in [0.2, 0.25) is 0 Å². The van der Waals surface area contributed by atoms with Gasteiger partial charge in [-0.1, -0.05) is 12.1 Å². The summed E-state index contributed by atoms with van der Waals surface area (Å²) in [6.45, 7) is 3.13. The molecule has 7 nitrogen and oxygen atoms in total. The lowest BCUT2D eigenvalue weighted by Gasteiger charge is -2.06. The minimum Gasteiger partial charge on any atom is -0.494 e. The fourth-order valence-electron chi connectivity index (χ4n) is 3.04. The number of amides is 1. The number of rotatable bonds is 9. The van der Waals surface area contributed by atoms with Crippen molar-refractivity contribution in [2.75, 3.05) is 11.9 Å². The summed E-state index contributed by atoms with van der Waals surface area (Å²) >= 11 is 3.40. The molecule has 2 aromatic heterocycles. The molecule has 33 heavy (non-hydrogen) atoms. The number of aromatic nitrogens is 2. The van der Waals surface area contributed by atoms with Crippen LogP contribution in [0.3, 0.4) is 0 Å². The van der Waals surface area contributed by atoms with Crippen LogP contribution in [0.25, 0.3) is 0 Å². The second kappa shape index (κ2) is 10.4. The van der Waals surface area contributed by atoms with Gasteiger partial charge in [-0.2, -0.15) is 5.10 Å². The molecule has 4 rings (SSSR count). The average molecular weight is 514 g/mol. The average Bonchev–Trinajstić information content (AvgIpc) is 3.42. The standard InChI is InChI=1S/C24H21BrFN3O4/c1-2-31-18-7-9-19(10-8-18)32-15-20-11-12-22(33-20)24(30)27-23-21(25)14-29(28-23)13-16-3-5-17(26)6-4-16/h3-12,14H,2,13,15H2,1H3,(H,27,28,30). The molecule has 4 aromatic rings. The molecule has 0 aliphatic heterocycles. The Bertz CT molecular complexity index is 1220. The molecule has 170 valence electrons. The Labute approximate surface area is 198 Å². The number of carbonyl (C=O) groups excluding carboxylic acids is 1. The van der Waals surface area contributed by atoms with Crippen LogP contribution in [0, 0.1) is 5.82 Å². The Morgan fingerprint density at radius 3 is 2.45 bits per heavy atom. The molecule has 0 spiro atoms. The molecule has 1 amide bonds. The van der Waals surface area contributed by atoms with Gasteiger partial charge in [-0.25, -0.2) is 4.39 Å². The summed E-state index contributed by atoms with van der Waals surface area (Å²) in [5.41, 5.74) is 0.882. The highest BCUT2D eigenvalue weighted by Gasteiger charge is 2.16. The Kier molecular flexibility index (Phi) is 7.09. The zero-order valence-corrected chi connectivity index (χ0v) is 19.3. The first-order chi connectivity index (χ1) is 16.0. The Hall–Kier alpha value is -3.59. The van der Waals surface area contributed by atoms with Gasteiger partial charge in [-0.3, -0.25) is 9.48 Å². The molecule has 0 atom stereocenters. The van der Waals surface area contributed by atoms with Gasteiger partial charge in [-0.15, -0.1) is 0 Å². The van der Waals surface area contributed by atoms with Crippen LogP contribution in [-0.4, -0.2) is 22.3 Å². The summed E-state index contributed by atoms with van der Waals surface area (Å²) in [6, 6.07) is 16.7. The second-order valence-electron chi connectivity index (χ2n) is 7.06. The molecule has 2 heterocycles. The zero-order chi connectivity index (χ0) is 23.2. The van der Waals surface area contributed by atoms with Crippen LogP contribution in [-0.2, 0) is 13.2 Å².